The molecule has 1 amide bonds. The van der Waals surface area contributed by atoms with Gasteiger partial charge < -0.3 is 0 Å². The van der Waals surface area contributed by atoms with Crippen molar-refractivity contribution in [2.45, 2.75) is 23.1 Å². The summed E-state index contributed by atoms with van der Waals surface area (Å²) in [4.78, 5) is 13.8. The molecular formula is C25H27N3O3S2. The monoisotopic (exact) mass is 481 g/mol. The number of rotatable bonds is 10. The van der Waals surface area contributed by atoms with Crippen molar-refractivity contribution < 1.29 is 13.2 Å². The lowest BCUT2D eigenvalue weighted by Crippen LogP contribution is -2.40. The Bertz CT molecular complexity index is 1180. The van der Waals surface area contributed by atoms with Crippen molar-refractivity contribution in [2.75, 3.05) is 19.3 Å². The van der Waals surface area contributed by atoms with Gasteiger partial charge in [0.1, 0.15) is 0 Å². The standard InChI is InChI=1S/C25H27N3O3S2/c1-20-8-14-24(15-9-20)33(30,31)28(17-16-21-6-4-3-5-7-21)19-25(29)27-26-18-22-10-12-23(32-2)13-11-22/h3-15,18H,16-17,19H2,1-2H3,(H,27,29)/b26-18-. The van der Waals surface area contributed by atoms with Crippen molar-refractivity contribution >= 4 is 33.9 Å². The van der Waals surface area contributed by atoms with E-state index in [9.17, 15) is 13.2 Å². The van der Waals surface area contributed by atoms with E-state index in [-0.39, 0.29) is 18.0 Å². The number of sulfonamides is 1. The highest BCUT2D eigenvalue weighted by Gasteiger charge is 2.26. The summed E-state index contributed by atoms with van der Waals surface area (Å²) in [5.74, 6) is -0.504. The molecule has 3 rings (SSSR count). The van der Waals surface area contributed by atoms with Crippen LogP contribution in [0.1, 0.15) is 16.7 Å². The number of nitrogens with zero attached hydrogens (tertiary/aromatic N) is 2. The van der Waals surface area contributed by atoms with E-state index >= 15 is 0 Å². The fourth-order valence-corrected chi connectivity index (χ4v) is 4.91. The number of hydrogen-bond donors (Lipinski definition) is 1. The van der Waals surface area contributed by atoms with Crippen LogP contribution < -0.4 is 5.43 Å². The van der Waals surface area contributed by atoms with Crippen molar-refractivity contribution in [1.82, 2.24) is 9.73 Å². The molecule has 0 unspecified atom stereocenters. The number of amides is 1. The third-order valence-corrected chi connectivity index (χ3v) is 7.59. The lowest BCUT2D eigenvalue weighted by atomic mass is 10.1. The van der Waals surface area contributed by atoms with Crippen LogP contribution in [0, 0.1) is 6.92 Å². The zero-order valence-electron chi connectivity index (χ0n) is 18.6. The molecule has 0 spiro atoms. The first-order valence-electron chi connectivity index (χ1n) is 10.4. The van der Waals surface area contributed by atoms with Gasteiger partial charge in [-0.3, -0.25) is 4.79 Å². The van der Waals surface area contributed by atoms with Gasteiger partial charge in [-0.25, -0.2) is 13.8 Å². The Hall–Kier alpha value is -2.94. The quantitative estimate of drug-likeness (QED) is 0.269. The molecule has 0 saturated heterocycles. The molecular weight excluding hydrogens is 454 g/mol. The topological polar surface area (TPSA) is 78.8 Å². The predicted octanol–water partition coefficient (Wildman–Crippen LogP) is 4.10. The van der Waals surface area contributed by atoms with Gasteiger partial charge in [0, 0.05) is 11.4 Å². The largest absolute Gasteiger partial charge is 0.272 e. The summed E-state index contributed by atoms with van der Waals surface area (Å²) in [5.41, 5.74) is 5.23. The molecule has 172 valence electrons. The minimum atomic E-state index is -3.85. The van der Waals surface area contributed by atoms with E-state index in [1.807, 2.05) is 67.8 Å². The molecule has 0 atom stereocenters. The second-order valence-electron chi connectivity index (χ2n) is 7.45. The second kappa shape index (κ2) is 11.8. The molecule has 0 radical (unpaired) electrons. The van der Waals surface area contributed by atoms with E-state index in [0.29, 0.717) is 6.42 Å². The van der Waals surface area contributed by atoms with Gasteiger partial charge in [0.2, 0.25) is 10.0 Å². The van der Waals surface area contributed by atoms with Gasteiger partial charge in [0.05, 0.1) is 17.7 Å². The van der Waals surface area contributed by atoms with Crippen LogP contribution in [0.4, 0.5) is 0 Å². The van der Waals surface area contributed by atoms with Gasteiger partial charge in [0.25, 0.3) is 5.91 Å². The molecule has 3 aromatic carbocycles. The van der Waals surface area contributed by atoms with E-state index < -0.39 is 15.9 Å². The van der Waals surface area contributed by atoms with E-state index in [2.05, 4.69) is 10.5 Å². The van der Waals surface area contributed by atoms with Crippen molar-refractivity contribution in [2.24, 2.45) is 5.10 Å². The maximum absolute atomic E-state index is 13.3. The number of carbonyl (C=O) groups excluding carboxylic acids is 1. The summed E-state index contributed by atoms with van der Waals surface area (Å²) in [6, 6.07) is 23.9. The molecule has 0 fully saturated rings. The van der Waals surface area contributed by atoms with Crippen LogP contribution in [0.5, 0.6) is 0 Å². The molecule has 0 bridgehead atoms. The Morgan fingerprint density at radius 3 is 2.30 bits per heavy atom. The van der Waals surface area contributed by atoms with Gasteiger partial charge in [-0.15, -0.1) is 11.8 Å². The van der Waals surface area contributed by atoms with Gasteiger partial charge >= 0.3 is 0 Å². The minimum Gasteiger partial charge on any atom is -0.272 e. The number of thioether (sulfide) groups is 1. The maximum atomic E-state index is 13.3. The van der Waals surface area contributed by atoms with Crippen molar-refractivity contribution in [3.8, 4) is 0 Å². The molecule has 0 heterocycles. The van der Waals surface area contributed by atoms with Crippen LogP contribution >= 0.6 is 11.8 Å². The number of hydrogen-bond acceptors (Lipinski definition) is 5. The normalized spacial score (nSPS) is 11.7. The average Bonchev–Trinajstić information content (AvgIpc) is 2.83. The average molecular weight is 482 g/mol. The van der Waals surface area contributed by atoms with Crippen LogP contribution in [-0.2, 0) is 21.2 Å². The molecule has 0 saturated carbocycles. The molecule has 6 nitrogen and oxygen atoms in total. The first-order valence-corrected chi connectivity index (χ1v) is 13.1. The Balaban J connectivity index is 1.71. The van der Waals surface area contributed by atoms with Crippen molar-refractivity contribution in [3.05, 3.63) is 95.6 Å². The van der Waals surface area contributed by atoms with E-state index in [0.717, 1.165) is 21.6 Å². The zero-order valence-corrected chi connectivity index (χ0v) is 20.3. The molecule has 0 aliphatic rings. The first-order chi connectivity index (χ1) is 15.9. The number of carbonyl (C=O) groups is 1. The summed E-state index contributed by atoms with van der Waals surface area (Å²) in [7, 11) is -3.85. The number of hydrazone groups is 1. The van der Waals surface area contributed by atoms with Crippen LogP contribution in [0.2, 0.25) is 0 Å². The highest BCUT2D eigenvalue weighted by atomic mass is 32.2. The summed E-state index contributed by atoms with van der Waals surface area (Å²) >= 11 is 1.64. The van der Waals surface area contributed by atoms with Crippen LogP contribution in [-0.4, -0.2) is 44.2 Å². The highest BCUT2D eigenvalue weighted by molar-refractivity contribution is 7.98. The molecule has 1 N–H and O–H groups in total. The Kier molecular flexibility index (Phi) is 8.82. The second-order valence-corrected chi connectivity index (χ2v) is 10.3. The third kappa shape index (κ3) is 7.28. The van der Waals surface area contributed by atoms with Gasteiger partial charge in [0.15, 0.2) is 0 Å². The van der Waals surface area contributed by atoms with E-state index in [4.69, 9.17) is 0 Å². The van der Waals surface area contributed by atoms with Gasteiger partial charge in [-0.05, 0) is 55.0 Å². The fourth-order valence-electron chi connectivity index (χ4n) is 3.11. The van der Waals surface area contributed by atoms with Gasteiger partial charge in [-0.1, -0.05) is 60.2 Å². The SMILES string of the molecule is CSc1ccc(/C=N\NC(=O)CN(CCc2ccccc2)S(=O)(=O)c2ccc(C)cc2)cc1. The highest BCUT2D eigenvalue weighted by Crippen LogP contribution is 2.17. The summed E-state index contributed by atoms with van der Waals surface area (Å²) in [6.07, 6.45) is 4.02. The van der Waals surface area contributed by atoms with E-state index in [1.165, 1.54) is 10.5 Å². The molecule has 0 aliphatic carbocycles. The summed E-state index contributed by atoms with van der Waals surface area (Å²) in [6.45, 7) is 1.74. The fraction of sp³-hybridized carbons (Fsp3) is 0.200. The molecule has 8 heteroatoms. The Morgan fingerprint density at radius 2 is 1.67 bits per heavy atom. The number of nitrogens with one attached hydrogen (secondary N) is 1. The zero-order chi connectivity index (χ0) is 23.7. The summed E-state index contributed by atoms with van der Waals surface area (Å²) in [5, 5.41) is 3.98. The summed E-state index contributed by atoms with van der Waals surface area (Å²) < 4.78 is 27.7. The predicted molar refractivity (Wildman–Crippen MR) is 134 cm³/mol. The number of benzene rings is 3. The minimum absolute atomic E-state index is 0.159. The molecule has 3 aromatic rings. The van der Waals surface area contributed by atoms with Crippen LogP contribution in [0.25, 0.3) is 0 Å². The maximum Gasteiger partial charge on any atom is 0.255 e. The van der Waals surface area contributed by atoms with Crippen molar-refractivity contribution in [1.29, 1.82) is 0 Å². The molecule has 0 aliphatic heterocycles. The molecule has 0 aromatic heterocycles. The van der Waals surface area contributed by atoms with Crippen LogP contribution in [0.15, 0.2) is 93.8 Å². The lowest BCUT2D eigenvalue weighted by Gasteiger charge is -2.21. The van der Waals surface area contributed by atoms with Crippen molar-refractivity contribution in [3.63, 3.8) is 0 Å². The molecule has 33 heavy (non-hydrogen) atoms. The van der Waals surface area contributed by atoms with E-state index in [1.54, 1.807) is 36.0 Å². The lowest BCUT2D eigenvalue weighted by molar-refractivity contribution is -0.121. The van der Waals surface area contributed by atoms with Gasteiger partial charge in [-0.2, -0.15) is 9.41 Å². The van der Waals surface area contributed by atoms with Crippen LogP contribution in [0.3, 0.4) is 0 Å². The first kappa shape index (κ1) is 24.7. The Morgan fingerprint density at radius 1 is 1.00 bits per heavy atom. The smallest absolute Gasteiger partial charge is 0.255 e. The third-order valence-electron chi connectivity index (χ3n) is 4.99. The Labute approximate surface area is 199 Å². The number of aryl methyl sites for hydroxylation is 1.